The molecule has 0 aromatic heterocycles. The Bertz CT molecular complexity index is 3230. The summed E-state index contributed by atoms with van der Waals surface area (Å²) in [7, 11) is 0. The molecule has 0 unspecified atom stereocenters. The van der Waals surface area contributed by atoms with Crippen molar-refractivity contribution in [2.24, 2.45) is 0 Å². The number of hydrogen-bond donors (Lipinski definition) is 0. The van der Waals surface area contributed by atoms with Gasteiger partial charge in [-0.2, -0.15) is 37.2 Å². The smallest absolute Gasteiger partial charge is 0.658 e. The molecule has 0 amide bonds. The Morgan fingerprint density at radius 1 is 0.300 bits per heavy atom. The van der Waals surface area contributed by atoms with Gasteiger partial charge in [0.15, 0.2) is 0 Å². The van der Waals surface area contributed by atoms with E-state index >= 15 is 0 Å². The summed E-state index contributed by atoms with van der Waals surface area (Å²) >= 11 is 0. The molecule has 11 nitrogen and oxygen atoms in total. The van der Waals surface area contributed by atoms with E-state index in [0.717, 1.165) is 0 Å². The molecule has 0 N–H and O–H groups in total. The standard InChI is InChI=1S/C66H56N8.C6H14N.2C2H3N.CH4.Fe.Li/c1-9-25-51(26-10-1)59-63(55-33-17-5-18-34-55)71-45-67(59)41-42-68-46-73(65(57-37-21-7-22-38-57)60(68)52-27-11-2-12-28-52)50-74-48-70(62(54-31-15-4-16-32-54)66(74)58-39-23-8-24-40-58)44-43-69-47-72(49-71)64(56-35-19-6-20-36-56)61(69)53-29-13-3-14-30-53;1-5(2)7-6(3)4;2*1-2-3;;;/h1-40,45-48H,41-44,49-50H2;5-6H,1-4H3;2*1H3;1H4;;/q-4;-1;;;;+4;+1. The van der Waals surface area contributed by atoms with Gasteiger partial charge in [0, 0.05) is 98.9 Å². The molecular formula is C77H80FeLiN11. The zero-order valence-electron chi connectivity index (χ0n) is 52.1. The van der Waals surface area contributed by atoms with Crippen LogP contribution in [0.5, 0.6) is 0 Å². The third kappa shape index (κ3) is 16.1. The van der Waals surface area contributed by atoms with Crippen LogP contribution >= 0.6 is 0 Å². The zero-order valence-corrected chi connectivity index (χ0v) is 53.2. The largest absolute Gasteiger partial charge is 4.00 e. The summed E-state index contributed by atoms with van der Waals surface area (Å²) < 4.78 is 0. The summed E-state index contributed by atoms with van der Waals surface area (Å²) in [5, 5.41) is 18.9. The number of hydrogen-bond acceptors (Lipinski definition) is 10. The topological polar surface area (TPSA) is 87.6 Å². The third-order valence-corrected chi connectivity index (χ3v) is 15.1. The van der Waals surface area contributed by atoms with Crippen LogP contribution in [0.3, 0.4) is 0 Å². The first-order valence-corrected chi connectivity index (χ1v) is 29.9. The molecule has 8 bridgehead atoms. The van der Waals surface area contributed by atoms with Gasteiger partial charge in [0.05, 0.1) is 12.1 Å². The molecule has 452 valence electrons. The molecule has 13 heteroatoms. The summed E-state index contributed by atoms with van der Waals surface area (Å²) in [4.78, 5) is 19.9. The molecule has 0 atom stereocenters. The summed E-state index contributed by atoms with van der Waals surface area (Å²) in [5.74, 6) is 0. The van der Waals surface area contributed by atoms with Crippen LogP contribution in [-0.2, 0) is 17.1 Å². The van der Waals surface area contributed by atoms with Gasteiger partial charge in [-0.25, -0.2) is 0 Å². The Kier molecular flexibility index (Phi) is 25.7. The summed E-state index contributed by atoms with van der Waals surface area (Å²) in [6, 6.07) is 92.1. The van der Waals surface area contributed by atoms with Gasteiger partial charge in [-0.15, -0.1) is 12.1 Å². The Labute approximate surface area is 559 Å². The van der Waals surface area contributed by atoms with Crippen LogP contribution in [0.1, 0.15) is 93.5 Å². The maximum atomic E-state index is 7.32. The van der Waals surface area contributed by atoms with E-state index in [2.05, 4.69) is 342 Å². The summed E-state index contributed by atoms with van der Waals surface area (Å²) in [5.41, 5.74) is 18.8. The Balaban J connectivity index is 0.000000659. The van der Waals surface area contributed by atoms with Gasteiger partial charge in [-0.1, -0.05) is 278 Å². The first-order valence-electron chi connectivity index (χ1n) is 29.9. The molecule has 5 aliphatic heterocycles. The second kappa shape index (κ2) is 33.7. The molecule has 0 spiro atoms. The third-order valence-electron chi connectivity index (χ3n) is 15.1. The van der Waals surface area contributed by atoms with E-state index in [1.165, 1.54) is 104 Å². The number of nitriles is 2. The molecule has 5 heterocycles. The van der Waals surface area contributed by atoms with E-state index < -0.39 is 0 Å². The fraction of sp³-hybridized carbons (Fsp3) is 0.195. The van der Waals surface area contributed by atoms with Gasteiger partial charge in [0.2, 0.25) is 0 Å². The minimum Gasteiger partial charge on any atom is -0.658 e. The molecule has 0 aliphatic carbocycles. The Morgan fingerprint density at radius 2 is 0.433 bits per heavy atom. The number of benzene rings is 8. The van der Waals surface area contributed by atoms with Crippen molar-refractivity contribution >= 4 is 45.6 Å². The van der Waals surface area contributed by atoms with Gasteiger partial charge in [-0.3, -0.25) is 0 Å². The molecule has 5 aliphatic rings. The predicted octanol–water partition coefficient (Wildman–Crippen LogP) is 13.8. The minimum atomic E-state index is 0. The van der Waals surface area contributed by atoms with Gasteiger partial charge < -0.3 is 44.5 Å². The van der Waals surface area contributed by atoms with E-state index in [-0.39, 0.29) is 43.4 Å². The van der Waals surface area contributed by atoms with Crippen molar-refractivity contribution < 1.29 is 35.9 Å². The van der Waals surface area contributed by atoms with E-state index in [4.69, 9.17) is 10.5 Å². The average Bonchev–Trinajstić information content (AvgIpc) is 1.67. The first-order chi connectivity index (χ1) is 42.7. The zero-order chi connectivity index (χ0) is 60.5. The quantitative estimate of drug-likeness (QED) is 0.0974. The van der Waals surface area contributed by atoms with Crippen molar-refractivity contribution in [2.75, 3.05) is 39.5 Å². The first kappa shape index (κ1) is 68.7. The van der Waals surface area contributed by atoms with Crippen LogP contribution < -0.4 is 18.9 Å². The van der Waals surface area contributed by atoms with Crippen LogP contribution in [0.4, 0.5) is 0 Å². The average molecular weight is 1220 g/mol. The van der Waals surface area contributed by atoms with Crippen molar-refractivity contribution in [3.05, 3.63) is 319 Å². The molecule has 90 heavy (non-hydrogen) atoms. The Morgan fingerprint density at radius 3 is 0.556 bits per heavy atom. The molecule has 8 aromatic carbocycles. The molecule has 1 saturated heterocycles. The van der Waals surface area contributed by atoms with Crippen molar-refractivity contribution in [3.8, 4) is 12.1 Å². The molecule has 0 saturated carbocycles. The molecule has 8 aromatic rings. The number of fused-ring (bicyclic) bond motifs is 8. The monoisotopic (exact) mass is 1220 g/mol. The van der Waals surface area contributed by atoms with Gasteiger partial charge >= 0.3 is 35.9 Å². The second-order valence-electron chi connectivity index (χ2n) is 21.9. The molecule has 0 radical (unpaired) electrons. The van der Waals surface area contributed by atoms with Crippen LogP contribution in [0, 0.1) is 49.3 Å². The van der Waals surface area contributed by atoms with Crippen LogP contribution in [0.15, 0.2) is 243 Å². The molecule has 1 fully saturated rings. The van der Waals surface area contributed by atoms with E-state index in [1.54, 1.807) is 12.1 Å². The Hall–Kier alpha value is -8.82. The maximum Gasteiger partial charge on any atom is 4.00 e. The normalized spacial score (nSPS) is 15.3. The van der Waals surface area contributed by atoms with Crippen molar-refractivity contribution in [3.63, 3.8) is 0 Å². The van der Waals surface area contributed by atoms with E-state index in [0.29, 0.717) is 51.6 Å². The van der Waals surface area contributed by atoms with Gasteiger partial charge in [0.25, 0.3) is 0 Å². The van der Waals surface area contributed by atoms with Gasteiger partial charge in [0.1, 0.15) is 0 Å². The summed E-state index contributed by atoms with van der Waals surface area (Å²) in [6.07, 6.45) is 0. The molecule has 13 rings (SSSR count). The van der Waals surface area contributed by atoms with E-state index in [9.17, 15) is 0 Å². The fourth-order valence-electron chi connectivity index (χ4n) is 11.9. The van der Waals surface area contributed by atoms with Gasteiger partial charge in [-0.05, 0) is 44.5 Å². The number of nitrogens with zero attached hydrogens (tertiary/aromatic N) is 11. The maximum absolute atomic E-state index is 7.32. The SMILES string of the molecule is C.CC#N.CC#N.CC(C)[N-]C(C)C.[Fe+4].[Li+].c1ccc(C2=C(c3ccccc3)N3[CH-]N2CCN2[CH-]N(CN4[CH-]N(CCN5[CH-]N(C3)C(c3ccccc3)=C5c3ccccc3)C(c3ccccc3)=C4c3ccccc3)C(c3ccccc3)=C2c2ccccc2)cc1. The minimum absolute atomic E-state index is 0. The van der Waals surface area contributed by atoms with Crippen LogP contribution in [-0.4, -0.2) is 90.8 Å². The predicted molar refractivity (Wildman–Crippen MR) is 363 cm³/mol. The fourth-order valence-corrected chi connectivity index (χ4v) is 11.9. The van der Waals surface area contributed by atoms with Crippen LogP contribution in [0.25, 0.3) is 50.9 Å². The van der Waals surface area contributed by atoms with Crippen molar-refractivity contribution in [2.45, 2.75) is 61.1 Å². The van der Waals surface area contributed by atoms with Crippen molar-refractivity contribution in [1.82, 2.24) is 39.2 Å². The van der Waals surface area contributed by atoms with Crippen molar-refractivity contribution in [1.29, 1.82) is 10.5 Å². The van der Waals surface area contributed by atoms with E-state index in [1.807, 2.05) is 0 Å². The second-order valence-corrected chi connectivity index (χ2v) is 21.9. The van der Waals surface area contributed by atoms with Crippen LogP contribution in [0.2, 0.25) is 0 Å². The summed E-state index contributed by atoms with van der Waals surface area (Å²) in [6.45, 7) is 24.7. The number of rotatable bonds is 10. The molecular weight excluding hydrogens is 1140 g/mol.